The summed E-state index contributed by atoms with van der Waals surface area (Å²) in [6, 6.07) is 12.1. The summed E-state index contributed by atoms with van der Waals surface area (Å²) in [6.07, 6.45) is 3.20. The number of carbonyl (C=O) groups is 1. The Bertz CT molecular complexity index is 925. The number of nitrogens with zero attached hydrogens (tertiary/aromatic N) is 1. The molecule has 6 heteroatoms. The zero-order valence-electron chi connectivity index (χ0n) is 14.2. The first kappa shape index (κ1) is 18.0. The van der Waals surface area contributed by atoms with Crippen LogP contribution in [0.15, 0.2) is 48.7 Å². The lowest BCUT2D eigenvalue weighted by atomic mass is 10.1. The molecule has 0 unspecified atom stereocenters. The molecule has 1 heterocycles. The molecule has 26 heavy (non-hydrogen) atoms. The number of esters is 1. The Morgan fingerprint density at radius 3 is 2.62 bits per heavy atom. The van der Waals surface area contributed by atoms with E-state index in [1.807, 2.05) is 6.92 Å². The first-order valence-electron chi connectivity index (χ1n) is 8.30. The second-order valence-corrected chi connectivity index (χ2v) is 6.19. The van der Waals surface area contributed by atoms with Gasteiger partial charge in [-0.05, 0) is 48.9 Å². The minimum Gasteiger partial charge on any atom is -0.505 e. The maximum atomic E-state index is 12.0. The number of aromatic nitrogens is 1. The predicted octanol–water partition coefficient (Wildman–Crippen LogP) is 5.34. The van der Waals surface area contributed by atoms with E-state index in [9.17, 15) is 9.90 Å². The van der Waals surface area contributed by atoms with Crippen molar-refractivity contribution in [2.75, 3.05) is 6.61 Å². The Kier molecular flexibility index (Phi) is 5.58. The summed E-state index contributed by atoms with van der Waals surface area (Å²) in [4.78, 5) is 16.1. The van der Waals surface area contributed by atoms with E-state index in [2.05, 4.69) is 4.98 Å². The van der Waals surface area contributed by atoms with Crippen molar-refractivity contribution in [2.24, 2.45) is 0 Å². The van der Waals surface area contributed by atoms with Gasteiger partial charge in [0, 0.05) is 22.0 Å². The second kappa shape index (κ2) is 8.06. The summed E-state index contributed by atoms with van der Waals surface area (Å²) in [6.45, 7) is 2.31. The molecule has 0 aliphatic heterocycles. The number of pyridine rings is 1. The number of hydrogen-bond donors (Lipinski definition) is 1. The SMILES string of the molecule is CCCCOC(=O)c1ncc2cc(Oc3ccc(Cl)cc3)ccc2c1O. The molecule has 1 N–H and O–H groups in total. The summed E-state index contributed by atoms with van der Waals surface area (Å²) < 4.78 is 10.9. The third-order valence-electron chi connectivity index (χ3n) is 3.81. The summed E-state index contributed by atoms with van der Waals surface area (Å²) in [5.41, 5.74) is -0.0834. The van der Waals surface area contributed by atoms with Crippen LogP contribution in [0.4, 0.5) is 0 Å². The largest absolute Gasteiger partial charge is 0.505 e. The Labute approximate surface area is 156 Å². The molecule has 0 atom stereocenters. The van der Waals surface area contributed by atoms with Gasteiger partial charge in [-0.1, -0.05) is 24.9 Å². The van der Waals surface area contributed by atoms with Gasteiger partial charge in [0.25, 0.3) is 0 Å². The van der Waals surface area contributed by atoms with Crippen LogP contribution in [-0.4, -0.2) is 22.7 Å². The average molecular weight is 372 g/mol. The molecule has 0 amide bonds. The van der Waals surface area contributed by atoms with Gasteiger partial charge in [-0.2, -0.15) is 0 Å². The lowest BCUT2D eigenvalue weighted by Crippen LogP contribution is -2.08. The van der Waals surface area contributed by atoms with Crippen LogP contribution in [0.5, 0.6) is 17.2 Å². The fourth-order valence-electron chi connectivity index (χ4n) is 2.42. The van der Waals surface area contributed by atoms with Gasteiger partial charge in [0.2, 0.25) is 0 Å². The number of unbranched alkanes of at least 4 members (excludes halogenated alkanes) is 1. The molecular formula is C20H18ClNO4. The normalized spacial score (nSPS) is 10.7. The number of halogens is 1. The predicted molar refractivity (Wildman–Crippen MR) is 100 cm³/mol. The first-order valence-corrected chi connectivity index (χ1v) is 8.68. The van der Waals surface area contributed by atoms with Crippen LogP contribution in [0.2, 0.25) is 5.02 Å². The van der Waals surface area contributed by atoms with Crippen molar-refractivity contribution in [2.45, 2.75) is 19.8 Å². The van der Waals surface area contributed by atoms with E-state index in [1.165, 1.54) is 6.20 Å². The van der Waals surface area contributed by atoms with Crippen LogP contribution in [0.1, 0.15) is 30.3 Å². The molecule has 3 rings (SSSR count). The molecule has 0 fully saturated rings. The van der Waals surface area contributed by atoms with Crippen LogP contribution < -0.4 is 4.74 Å². The third-order valence-corrected chi connectivity index (χ3v) is 4.06. The van der Waals surface area contributed by atoms with Crippen molar-refractivity contribution < 1.29 is 19.4 Å². The number of hydrogen-bond acceptors (Lipinski definition) is 5. The molecule has 3 aromatic rings. The van der Waals surface area contributed by atoms with Crippen LogP contribution in [0.3, 0.4) is 0 Å². The Hall–Kier alpha value is -2.79. The van der Waals surface area contributed by atoms with Crippen LogP contribution in [0, 0.1) is 0 Å². The third kappa shape index (κ3) is 4.06. The molecule has 0 saturated carbocycles. The molecule has 1 aromatic heterocycles. The van der Waals surface area contributed by atoms with Gasteiger partial charge in [-0.15, -0.1) is 0 Å². The van der Waals surface area contributed by atoms with Crippen LogP contribution in [-0.2, 0) is 4.74 Å². The highest BCUT2D eigenvalue weighted by Crippen LogP contribution is 2.32. The van der Waals surface area contributed by atoms with E-state index < -0.39 is 5.97 Å². The van der Waals surface area contributed by atoms with Crippen LogP contribution >= 0.6 is 11.6 Å². The van der Waals surface area contributed by atoms with E-state index in [0.717, 1.165) is 12.8 Å². The lowest BCUT2D eigenvalue weighted by Gasteiger charge is -2.10. The molecule has 0 saturated heterocycles. The van der Waals surface area contributed by atoms with Crippen molar-refractivity contribution in [3.8, 4) is 17.2 Å². The van der Waals surface area contributed by atoms with E-state index >= 15 is 0 Å². The topological polar surface area (TPSA) is 68.7 Å². The highest BCUT2D eigenvalue weighted by molar-refractivity contribution is 6.30. The van der Waals surface area contributed by atoms with Crippen LogP contribution in [0.25, 0.3) is 10.8 Å². The first-order chi connectivity index (χ1) is 12.6. The van der Waals surface area contributed by atoms with Gasteiger partial charge in [0.05, 0.1) is 6.61 Å². The van der Waals surface area contributed by atoms with Crippen molar-refractivity contribution in [1.82, 2.24) is 4.98 Å². The molecule has 0 radical (unpaired) electrons. The zero-order chi connectivity index (χ0) is 18.5. The van der Waals surface area contributed by atoms with Gasteiger partial charge < -0.3 is 14.6 Å². The van der Waals surface area contributed by atoms with E-state index in [4.69, 9.17) is 21.1 Å². The van der Waals surface area contributed by atoms with Crippen molar-refractivity contribution >= 4 is 28.3 Å². The monoisotopic (exact) mass is 371 g/mol. The zero-order valence-corrected chi connectivity index (χ0v) is 15.0. The molecule has 0 bridgehead atoms. The Balaban J connectivity index is 1.83. The molecule has 0 aliphatic carbocycles. The number of carbonyl (C=O) groups excluding carboxylic acids is 1. The number of ether oxygens (including phenoxy) is 2. The number of benzene rings is 2. The van der Waals surface area contributed by atoms with Crippen molar-refractivity contribution in [3.05, 3.63) is 59.4 Å². The second-order valence-electron chi connectivity index (χ2n) is 5.75. The highest BCUT2D eigenvalue weighted by atomic mass is 35.5. The van der Waals surface area contributed by atoms with E-state index in [-0.39, 0.29) is 11.4 Å². The van der Waals surface area contributed by atoms with Crippen molar-refractivity contribution in [1.29, 1.82) is 0 Å². The Morgan fingerprint density at radius 2 is 1.88 bits per heavy atom. The minimum absolute atomic E-state index is 0.0834. The molecule has 0 aliphatic rings. The summed E-state index contributed by atoms with van der Waals surface area (Å²) in [5.74, 6) is 0.405. The molecule has 134 valence electrons. The van der Waals surface area contributed by atoms with Gasteiger partial charge in [-0.3, -0.25) is 0 Å². The van der Waals surface area contributed by atoms with Gasteiger partial charge in [0.15, 0.2) is 11.4 Å². The molecule has 2 aromatic carbocycles. The smallest absolute Gasteiger partial charge is 0.360 e. The minimum atomic E-state index is -0.626. The molecule has 0 spiro atoms. The Morgan fingerprint density at radius 1 is 1.15 bits per heavy atom. The fourth-order valence-corrected chi connectivity index (χ4v) is 2.54. The summed E-state index contributed by atoms with van der Waals surface area (Å²) in [7, 11) is 0. The number of fused-ring (bicyclic) bond motifs is 1. The van der Waals surface area contributed by atoms with Gasteiger partial charge >= 0.3 is 5.97 Å². The highest BCUT2D eigenvalue weighted by Gasteiger charge is 2.17. The quantitative estimate of drug-likeness (QED) is 0.467. The fraction of sp³-hybridized carbons (Fsp3) is 0.200. The maximum Gasteiger partial charge on any atom is 0.360 e. The maximum absolute atomic E-state index is 12.0. The number of aromatic hydroxyl groups is 1. The lowest BCUT2D eigenvalue weighted by molar-refractivity contribution is 0.0489. The standard InChI is InChI=1S/C20H18ClNO4/c1-2-3-10-25-20(24)18-19(23)17-9-8-16(11-13(17)12-22-18)26-15-6-4-14(21)5-7-15/h4-9,11-12,23H,2-3,10H2,1H3. The van der Waals surface area contributed by atoms with Gasteiger partial charge in [0.1, 0.15) is 11.5 Å². The van der Waals surface area contributed by atoms with E-state index in [1.54, 1.807) is 42.5 Å². The summed E-state index contributed by atoms with van der Waals surface area (Å²) >= 11 is 5.86. The summed E-state index contributed by atoms with van der Waals surface area (Å²) in [5, 5.41) is 12.2. The molecular weight excluding hydrogens is 354 g/mol. The molecule has 5 nitrogen and oxygen atoms in total. The van der Waals surface area contributed by atoms with Crippen molar-refractivity contribution in [3.63, 3.8) is 0 Å². The number of rotatable bonds is 6. The van der Waals surface area contributed by atoms with Gasteiger partial charge in [-0.25, -0.2) is 9.78 Å². The average Bonchev–Trinajstić information content (AvgIpc) is 2.64. The van der Waals surface area contributed by atoms with E-state index in [0.29, 0.717) is 33.9 Å².